The summed E-state index contributed by atoms with van der Waals surface area (Å²) >= 11 is 0. The van der Waals surface area contributed by atoms with Gasteiger partial charge in [0.2, 0.25) is 0 Å². The van der Waals surface area contributed by atoms with E-state index in [1.807, 2.05) is 0 Å². The Kier molecular flexibility index (Phi) is 25.3. The molecule has 0 aliphatic heterocycles. The van der Waals surface area contributed by atoms with Crippen molar-refractivity contribution in [2.45, 2.75) is 66.1 Å². The molecule has 0 atom stereocenters. The summed E-state index contributed by atoms with van der Waals surface area (Å²) in [6.07, 6.45) is 8.49. The van der Waals surface area contributed by atoms with Gasteiger partial charge in [-0.2, -0.15) is 0 Å². The molecule has 0 aromatic heterocycles. The highest BCUT2D eigenvalue weighted by Crippen LogP contribution is 2.08. The fourth-order valence-electron chi connectivity index (χ4n) is 1.35. The lowest BCUT2D eigenvalue weighted by molar-refractivity contribution is -0.00000556. The summed E-state index contributed by atoms with van der Waals surface area (Å²) in [7, 11) is -1.39. The monoisotopic (exact) mass is 286 g/mol. The van der Waals surface area contributed by atoms with E-state index in [-0.39, 0.29) is 4.70 Å². The van der Waals surface area contributed by atoms with Gasteiger partial charge in [0.15, 0.2) is 0 Å². The highest BCUT2D eigenvalue weighted by atomic mass is 32.2. The van der Waals surface area contributed by atoms with E-state index >= 15 is 0 Å². The Bertz CT molecular complexity index is 116. The van der Waals surface area contributed by atoms with E-state index < -0.39 is 7.27 Å². The highest BCUT2D eigenvalue weighted by Gasteiger charge is 2.15. The van der Waals surface area contributed by atoms with Gasteiger partial charge in [0.1, 0.15) is 17.3 Å². The molecule has 0 rings (SSSR count). The Labute approximate surface area is 115 Å². The third kappa shape index (κ3) is 25.2. The van der Waals surface area contributed by atoms with Crippen molar-refractivity contribution in [3.05, 3.63) is 0 Å². The molecule has 0 heterocycles. The van der Waals surface area contributed by atoms with Gasteiger partial charge >= 0.3 is 7.27 Å². The van der Waals surface area contributed by atoms with Crippen LogP contribution < -0.4 is 4.70 Å². The Morgan fingerprint density at radius 3 is 1.17 bits per heavy atom. The van der Waals surface area contributed by atoms with Crippen LogP contribution in [0.4, 0.5) is 8.63 Å². The molecule has 0 aromatic rings. The van der Waals surface area contributed by atoms with Crippen LogP contribution in [0.25, 0.3) is 0 Å². The molecule has 0 N–H and O–H groups in total. The Morgan fingerprint density at radius 1 is 0.778 bits per heavy atom. The van der Waals surface area contributed by atoms with E-state index in [0.29, 0.717) is 0 Å². The molecule has 0 saturated carbocycles. The van der Waals surface area contributed by atoms with Crippen LogP contribution in [-0.2, 0) is 10.9 Å². The number of halogens is 3. The zero-order valence-corrected chi connectivity index (χ0v) is 13.3. The molecule has 0 amide bonds. The van der Waals surface area contributed by atoms with Gasteiger partial charge in [-0.25, -0.2) is 0 Å². The molecule has 0 saturated heterocycles. The largest absolute Gasteiger partial charge is 1.00 e. The second-order valence-electron chi connectivity index (χ2n) is 4.30. The molecule has 0 spiro atoms. The Hall–Kier alpha value is 0.205. The first-order chi connectivity index (χ1) is 8.08. The predicted octanol–water partition coefficient (Wildman–Crippen LogP) is 2.05. The summed E-state index contributed by atoms with van der Waals surface area (Å²) in [6.45, 7) is 7.75. The van der Waals surface area contributed by atoms with E-state index in [9.17, 15) is 8.63 Å². The number of rotatable bonds is 9. The normalized spacial score (nSPS) is 9.50. The predicted molar refractivity (Wildman–Crippen MR) is 80.5 cm³/mol. The van der Waals surface area contributed by atoms with Crippen molar-refractivity contribution in [2.75, 3.05) is 17.3 Å². The van der Waals surface area contributed by atoms with Crippen LogP contribution in [0.3, 0.4) is 0 Å². The molecule has 0 aliphatic carbocycles. The van der Waals surface area contributed by atoms with Crippen molar-refractivity contribution in [3.8, 4) is 0 Å². The summed E-state index contributed by atoms with van der Waals surface area (Å²) in [5.41, 5.74) is 0. The standard InChI is InChI=1S/C12H27S.CH3BF2.FH/c1-4-7-10-13(11-8-5-2)12-9-6-3;1-2(3)4;/h4-12H2,1-3H3;1H3;1H/q+1;;/p-1. The number of unbranched alkanes of at least 4 members (excludes halogenated alkanes) is 3. The second-order valence-corrected chi connectivity index (χ2v) is 6.75. The summed E-state index contributed by atoms with van der Waals surface area (Å²) in [5.74, 6) is 4.53. The zero-order chi connectivity index (χ0) is 13.5. The quantitative estimate of drug-likeness (QED) is 0.449. The molecule has 0 aromatic carbocycles. The molecular formula is C13H30BF3S. The van der Waals surface area contributed by atoms with Gasteiger partial charge < -0.3 is 4.70 Å². The molecule has 0 unspecified atom stereocenters. The lowest BCUT2D eigenvalue weighted by Crippen LogP contribution is -3.00. The van der Waals surface area contributed by atoms with Crippen molar-refractivity contribution < 1.29 is 13.3 Å². The van der Waals surface area contributed by atoms with E-state index in [4.69, 9.17) is 0 Å². The van der Waals surface area contributed by atoms with Crippen LogP contribution in [0.2, 0.25) is 6.82 Å². The smallest absolute Gasteiger partial charge is 0.535 e. The van der Waals surface area contributed by atoms with Crippen molar-refractivity contribution in [3.63, 3.8) is 0 Å². The SMILES string of the molecule is CB(F)F.CCCC[S+](CCCC)CCCC.[F-]. The maximum Gasteiger partial charge on any atom is 0.535 e. The third-order valence-electron chi connectivity index (χ3n) is 2.36. The van der Waals surface area contributed by atoms with Gasteiger partial charge in [0, 0.05) is 0 Å². The highest BCUT2D eigenvalue weighted by molar-refractivity contribution is 7.96. The molecule has 5 heteroatoms. The van der Waals surface area contributed by atoms with Gasteiger partial charge in [0.25, 0.3) is 0 Å². The summed E-state index contributed by atoms with van der Waals surface area (Å²) in [6, 6.07) is 0. The van der Waals surface area contributed by atoms with Crippen LogP contribution in [-0.4, -0.2) is 24.5 Å². The molecule has 0 fully saturated rings. The molecule has 112 valence electrons. The van der Waals surface area contributed by atoms with E-state index in [1.165, 1.54) is 55.8 Å². The van der Waals surface area contributed by atoms with Crippen LogP contribution >= 0.6 is 0 Å². The van der Waals surface area contributed by atoms with Gasteiger partial charge in [-0.3, -0.25) is 8.63 Å². The molecule has 0 radical (unpaired) electrons. The van der Waals surface area contributed by atoms with E-state index in [1.54, 1.807) is 0 Å². The molecule has 0 bridgehead atoms. The van der Waals surface area contributed by atoms with Crippen molar-refractivity contribution in [2.24, 2.45) is 0 Å². The summed E-state index contributed by atoms with van der Waals surface area (Å²) < 4.78 is 20.7. The van der Waals surface area contributed by atoms with E-state index in [2.05, 4.69) is 20.8 Å². The average molecular weight is 286 g/mol. The Morgan fingerprint density at radius 2 is 1.00 bits per heavy atom. The second kappa shape index (κ2) is 19.5. The maximum absolute atomic E-state index is 10.3. The van der Waals surface area contributed by atoms with Gasteiger partial charge in [-0.15, -0.1) is 0 Å². The maximum atomic E-state index is 10.3. The third-order valence-corrected chi connectivity index (χ3v) is 4.96. The van der Waals surface area contributed by atoms with Crippen LogP contribution in [0, 0.1) is 0 Å². The van der Waals surface area contributed by atoms with Crippen LogP contribution in [0.1, 0.15) is 59.3 Å². The minimum Gasteiger partial charge on any atom is -1.00 e. The number of hydrogen-bond donors (Lipinski definition) is 0. The summed E-state index contributed by atoms with van der Waals surface area (Å²) in [4.78, 5) is 0. The topological polar surface area (TPSA) is 0 Å². The first kappa shape index (κ1) is 23.3. The van der Waals surface area contributed by atoms with Crippen molar-refractivity contribution in [1.82, 2.24) is 0 Å². The molecule has 0 nitrogen and oxygen atoms in total. The van der Waals surface area contributed by atoms with E-state index in [0.717, 1.165) is 17.7 Å². The fourth-order valence-corrected chi connectivity index (χ4v) is 4.05. The zero-order valence-electron chi connectivity index (χ0n) is 12.5. The minimum atomic E-state index is -2.17. The van der Waals surface area contributed by atoms with Gasteiger partial charge in [-0.05, 0) is 37.0 Å². The molecule has 0 aliphatic rings. The number of hydrogen-bond acceptors (Lipinski definition) is 0. The molecule has 18 heavy (non-hydrogen) atoms. The minimum absolute atomic E-state index is 0. The first-order valence-electron chi connectivity index (χ1n) is 7.00. The average Bonchev–Trinajstić information content (AvgIpc) is 2.27. The van der Waals surface area contributed by atoms with Gasteiger partial charge in [0.05, 0.1) is 0 Å². The van der Waals surface area contributed by atoms with Crippen molar-refractivity contribution in [1.29, 1.82) is 0 Å². The Balaban J connectivity index is -0.000000392. The van der Waals surface area contributed by atoms with Crippen molar-refractivity contribution >= 4 is 18.2 Å². The van der Waals surface area contributed by atoms with Crippen LogP contribution in [0.5, 0.6) is 0 Å². The first-order valence-corrected chi connectivity index (χ1v) is 8.73. The van der Waals surface area contributed by atoms with Crippen LogP contribution in [0.15, 0.2) is 0 Å². The fraction of sp³-hybridized carbons (Fsp3) is 1.00. The summed E-state index contributed by atoms with van der Waals surface area (Å²) in [5, 5.41) is 0. The molecular weight excluding hydrogens is 256 g/mol. The lowest BCUT2D eigenvalue weighted by atomic mass is 10.1. The van der Waals surface area contributed by atoms with Gasteiger partial charge in [-0.1, -0.05) is 40.0 Å². The lowest BCUT2D eigenvalue weighted by Gasteiger charge is -2.07.